The van der Waals surface area contributed by atoms with Gasteiger partial charge in [-0.15, -0.1) is 11.3 Å². The molecule has 0 aliphatic carbocycles. The fraction of sp³-hybridized carbons (Fsp3) is 0.188. The van der Waals surface area contributed by atoms with Gasteiger partial charge in [-0.1, -0.05) is 24.3 Å². The Labute approximate surface area is 122 Å². The van der Waals surface area contributed by atoms with Gasteiger partial charge in [0.15, 0.2) is 0 Å². The van der Waals surface area contributed by atoms with Crippen LogP contribution in [0.4, 0.5) is 0 Å². The zero-order chi connectivity index (χ0) is 13.8. The van der Waals surface area contributed by atoms with E-state index in [2.05, 4.69) is 33.9 Å². The van der Waals surface area contributed by atoms with E-state index in [1.54, 1.807) is 11.3 Å². The molecule has 0 aliphatic rings. The summed E-state index contributed by atoms with van der Waals surface area (Å²) < 4.78 is 5.88. The number of aromatic nitrogens is 1. The van der Waals surface area contributed by atoms with Crippen LogP contribution in [0, 0.1) is 0 Å². The first-order valence-electron chi connectivity index (χ1n) is 6.55. The van der Waals surface area contributed by atoms with E-state index in [9.17, 15) is 0 Å². The Morgan fingerprint density at radius 3 is 2.75 bits per heavy atom. The van der Waals surface area contributed by atoms with Crippen molar-refractivity contribution in [2.45, 2.75) is 13.2 Å². The van der Waals surface area contributed by atoms with Gasteiger partial charge in [-0.05, 0) is 35.5 Å². The van der Waals surface area contributed by atoms with E-state index in [0.717, 1.165) is 11.9 Å². The number of benzene rings is 1. The molecule has 0 radical (unpaired) electrons. The zero-order valence-corrected chi connectivity index (χ0v) is 12.1. The van der Waals surface area contributed by atoms with Gasteiger partial charge >= 0.3 is 0 Å². The average Bonchev–Trinajstić information content (AvgIpc) is 3.00. The molecule has 1 aromatic carbocycles. The predicted molar refractivity (Wildman–Crippen MR) is 83.2 cm³/mol. The van der Waals surface area contributed by atoms with Crippen LogP contribution in [0.5, 0.6) is 5.88 Å². The lowest BCUT2D eigenvalue weighted by Crippen LogP contribution is -2.06. The van der Waals surface area contributed by atoms with Gasteiger partial charge in [-0.3, -0.25) is 0 Å². The van der Waals surface area contributed by atoms with E-state index in [-0.39, 0.29) is 0 Å². The number of nitrogens with one attached hydrogen (secondary N) is 1. The minimum absolute atomic E-state index is 0.569. The van der Waals surface area contributed by atoms with Crippen molar-refractivity contribution < 1.29 is 4.74 Å². The Morgan fingerprint density at radius 1 is 1.15 bits per heavy atom. The highest BCUT2D eigenvalue weighted by Crippen LogP contribution is 2.27. The van der Waals surface area contributed by atoms with Gasteiger partial charge in [0.05, 0.1) is 0 Å². The van der Waals surface area contributed by atoms with Gasteiger partial charge in [0, 0.05) is 23.0 Å². The van der Waals surface area contributed by atoms with E-state index in [1.807, 2.05) is 31.4 Å². The lowest BCUT2D eigenvalue weighted by molar-refractivity contribution is 0.301. The maximum Gasteiger partial charge on any atom is 0.221 e. The number of pyridine rings is 1. The molecule has 4 heteroatoms. The van der Waals surface area contributed by atoms with Crippen LogP contribution in [0.3, 0.4) is 0 Å². The molecular weight excluding hydrogens is 268 g/mol. The molecule has 2 aromatic heterocycles. The lowest BCUT2D eigenvalue weighted by atomic mass is 10.1. The summed E-state index contributed by atoms with van der Waals surface area (Å²) in [5.74, 6) is 0.703. The van der Waals surface area contributed by atoms with E-state index < -0.39 is 0 Å². The van der Waals surface area contributed by atoms with Crippen molar-refractivity contribution in [3.05, 3.63) is 58.4 Å². The Balaban J connectivity index is 1.93. The van der Waals surface area contributed by atoms with Gasteiger partial charge in [-0.2, -0.15) is 0 Å². The van der Waals surface area contributed by atoms with Crippen molar-refractivity contribution in [2.24, 2.45) is 0 Å². The van der Waals surface area contributed by atoms with Crippen molar-refractivity contribution in [1.82, 2.24) is 10.3 Å². The van der Waals surface area contributed by atoms with Crippen molar-refractivity contribution in [1.29, 1.82) is 0 Å². The molecule has 0 atom stereocenters. The van der Waals surface area contributed by atoms with Crippen molar-refractivity contribution >= 4 is 22.1 Å². The molecule has 2 heterocycles. The fourth-order valence-corrected chi connectivity index (χ4v) is 2.82. The predicted octanol–water partition coefficient (Wildman–Crippen LogP) is 3.59. The van der Waals surface area contributed by atoms with Crippen molar-refractivity contribution in [3.63, 3.8) is 0 Å². The quantitative estimate of drug-likeness (QED) is 0.777. The number of ether oxygens (including phenoxy) is 1. The first kappa shape index (κ1) is 13.1. The van der Waals surface area contributed by atoms with Gasteiger partial charge in [0.2, 0.25) is 5.88 Å². The number of hydrogen-bond acceptors (Lipinski definition) is 4. The molecular formula is C16H16N2OS. The Kier molecular flexibility index (Phi) is 3.95. The Bertz CT molecular complexity index is 695. The molecule has 0 saturated heterocycles. The van der Waals surface area contributed by atoms with Crippen LogP contribution in [0.2, 0.25) is 0 Å². The second-order valence-corrected chi connectivity index (χ2v) is 5.56. The molecule has 0 amide bonds. The number of hydrogen-bond donors (Lipinski definition) is 1. The van der Waals surface area contributed by atoms with E-state index in [0.29, 0.717) is 12.5 Å². The highest BCUT2D eigenvalue weighted by atomic mass is 32.1. The fourth-order valence-electron chi connectivity index (χ4n) is 2.21. The van der Waals surface area contributed by atoms with Crippen LogP contribution in [0.1, 0.15) is 10.4 Å². The Morgan fingerprint density at radius 2 is 2.00 bits per heavy atom. The summed E-state index contributed by atoms with van der Waals surface area (Å²) in [5.41, 5.74) is 1.19. The average molecular weight is 284 g/mol. The smallest absolute Gasteiger partial charge is 0.221 e. The first-order valence-corrected chi connectivity index (χ1v) is 7.43. The topological polar surface area (TPSA) is 34.2 Å². The van der Waals surface area contributed by atoms with Crippen molar-refractivity contribution in [2.75, 3.05) is 7.05 Å². The molecule has 3 aromatic rings. The molecule has 3 rings (SSSR count). The van der Waals surface area contributed by atoms with E-state index >= 15 is 0 Å². The zero-order valence-electron chi connectivity index (χ0n) is 11.3. The molecule has 0 unspecified atom stereocenters. The molecule has 3 nitrogen and oxygen atoms in total. The SMILES string of the molecule is CNCc1cnc(OCc2cccs2)c2ccccc12. The monoisotopic (exact) mass is 284 g/mol. The summed E-state index contributed by atoms with van der Waals surface area (Å²) >= 11 is 1.70. The van der Waals surface area contributed by atoms with Gasteiger partial charge in [0.1, 0.15) is 6.61 Å². The third kappa shape index (κ3) is 2.66. The van der Waals surface area contributed by atoms with Crippen LogP contribution in [-0.2, 0) is 13.2 Å². The van der Waals surface area contributed by atoms with Crippen LogP contribution in [0.25, 0.3) is 10.8 Å². The maximum atomic E-state index is 5.88. The first-order chi connectivity index (χ1) is 9.88. The summed E-state index contributed by atoms with van der Waals surface area (Å²) in [6, 6.07) is 12.3. The molecule has 0 spiro atoms. The molecule has 0 saturated carbocycles. The summed E-state index contributed by atoms with van der Waals surface area (Å²) in [4.78, 5) is 5.67. The molecule has 0 fully saturated rings. The molecule has 0 bridgehead atoms. The third-order valence-corrected chi connectivity index (χ3v) is 3.99. The van der Waals surface area contributed by atoms with Crippen molar-refractivity contribution in [3.8, 4) is 5.88 Å². The summed E-state index contributed by atoms with van der Waals surface area (Å²) in [6.07, 6.45) is 1.89. The summed E-state index contributed by atoms with van der Waals surface area (Å²) in [7, 11) is 1.94. The van der Waals surface area contributed by atoms with Crippen LogP contribution in [-0.4, -0.2) is 12.0 Å². The minimum Gasteiger partial charge on any atom is -0.471 e. The second-order valence-electron chi connectivity index (χ2n) is 4.53. The number of fused-ring (bicyclic) bond motifs is 1. The molecule has 20 heavy (non-hydrogen) atoms. The number of rotatable bonds is 5. The minimum atomic E-state index is 0.569. The van der Waals surface area contributed by atoms with Gasteiger partial charge in [-0.25, -0.2) is 4.98 Å². The molecule has 1 N–H and O–H groups in total. The normalized spacial score (nSPS) is 10.8. The highest BCUT2D eigenvalue weighted by Gasteiger charge is 2.08. The Hall–Kier alpha value is -1.91. The number of nitrogens with zero attached hydrogens (tertiary/aromatic N) is 1. The molecule has 0 aliphatic heterocycles. The van der Waals surface area contributed by atoms with Crippen LogP contribution in [0.15, 0.2) is 48.0 Å². The lowest BCUT2D eigenvalue weighted by Gasteiger charge is -2.10. The van der Waals surface area contributed by atoms with Gasteiger partial charge < -0.3 is 10.1 Å². The second kappa shape index (κ2) is 6.03. The van der Waals surface area contributed by atoms with Crippen LogP contribution >= 0.6 is 11.3 Å². The highest BCUT2D eigenvalue weighted by molar-refractivity contribution is 7.09. The molecule has 102 valence electrons. The van der Waals surface area contributed by atoms with Gasteiger partial charge in [0.25, 0.3) is 0 Å². The van der Waals surface area contributed by atoms with E-state index in [4.69, 9.17) is 4.74 Å². The third-order valence-electron chi connectivity index (χ3n) is 3.14. The van der Waals surface area contributed by atoms with Crippen LogP contribution < -0.4 is 10.1 Å². The standard InChI is InChI=1S/C16H16N2OS/c1-17-9-12-10-18-16(15-7-3-2-6-14(12)15)19-11-13-5-4-8-20-13/h2-8,10,17H,9,11H2,1H3. The summed E-state index contributed by atoms with van der Waals surface area (Å²) in [5, 5.41) is 7.49. The van der Waals surface area contributed by atoms with E-state index in [1.165, 1.54) is 15.8 Å². The largest absolute Gasteiger partial charge is 0.471 e. The summed E-state index contributed by atoms with van der Waals surface area (Å²) in [6.45, 7) is 1.37. The number of thiophene rings is 1. The maximum absolute atomic E-state index is 5.88.